The number of aryl methyl sites for hydroxylation is 1. The lowest BCUT2D eigenvalue weighted by Crippen LogP contribution is -2.41. The molecule has 1 heterocycles. The van der Waals surface area contributed by atoms with Crippen LogP contribution in [0.2, 0.25) is 0 Å². The van der Waals surface area contributed by atoms with Crippen LogP contribution < -0.4 is 5.32 Å². The Labute approximate surface area is 135 Å². The number of hydrogen-bond acceptors (Lipinski definition) is 5. The average Bonchev–Trinajstić information content (AvgIpc) is 3.07. The van der Waals surface area contributed by atoms with Gasteiger partial charge in [0.25, 0.3) is 0 Å². The highest BCUT2D eigenvalue weighted by molar-refractivity contribution is 5.76. The van der Waals surface area contributed by atoms with E-state index in [9.17, 15) is 9.90 Å². The number of carbonyl (C=O) groups is 1. The van der Waals surface area contributed by atoms with Crippen molar-refractivity contribution in [3.63, 3.8) is 0 Å². The first-order valence-electron chi connectivity index (χ1n) is 7.92. The zero-order valence-electron chi connectivity index (χ0n) is 13.5. The molecule has 124 valence electrons. The van der Waals surface area contributed by atoms with Crippen LogP contribution in [0.15, 0.2) is 34.7 Å². The predicted octanol–water partition coefficient (Wildman–Crippen LogP) is 2.19. The van der Waals surface area contributed by atoms with E-state index in [4.69, 9.17) is 4.42 Å². The van der Waals surface area contributed by atoms with Crippen molar-refractivity contribution in [1.82, 2.24) is 15.5 Å². The molecule has 6 nitrogen and oxygen atoms in total. The Bertz CT molecular complexity index is 613. The summed E-state index contributed by atoms with van der Waals surface area (Å²) < 4.78 is 5.57. The molecule has 2 N–H and O–H groups in total. The largest absolute Gasteiger partial charge is 0.421 e. The number of aliphatic hydroxyl groups excluding tert-OH is 1. The molecule has 0 saturated heterocycles. The average molecular weight is 317 g/mol. The molecule has 1 aromatic heterocycles. The number of nitrogens with one attached hydrogen (secondary N) is 1. The minimum absolute atomic E-state index is 0.0561. The molecule has 0 fully saturated rings. The second kappa shape index (κ2) is 8.43. The third-order valence-corrected chi connectivity index (χ3v) is 3.93. The number of benzene rings is 1. The number of hydrogen-bond donors (Lipinski definition) is 2. The second-order valence-corrected chi connectivity index (χ2v) is 5.61. The van der Waals surface area contributed by atoms with Gasteiger partial charge in [-0.05, 0) is 18.1 Å². The predicted molar refractivity (Wildman–Crippen MR) is 86.5 cm³/mol. The van der Waals surface area contributed by atoms with Gasteiger partial charge in [0.1, 0.15) is 0 Å². The Balaban J connectivity index is 1.86. The Hall–Kier alpha value is -2.21. The van der Waals surface area contributed by atoms with Crippen LogP contribution in [0.1, 0.15) is 32.6 Å². The lowest BCUT2D eigenvalue weighted by Gasteiger charge is -2.21. The fourth-order valence-electron chi connectivity index (χ4n) is 2.20. The molecule has 0 radical (unpaired) electrons. The van der Waals surface area contributed by atoms with Crippen LogP contribution in [0.4, 0.5) is 0 Å². The maximum atomic E-state index is 12.0. The molecule has 0 aliphatic rings. The maximum absolute atomic E-state index is 12.0. The van der Waals surface area contributed by atoms with Crippen molar-refractivity contribution in [1.29, 1.82) is 0 Å². The summed E-state index contributed by atoms with van der Waals surface area (Å²) in [6, 6.07) is 9.28. The van der Waals surface area contributed by atoms with Gasteiger partial charge in [-0.15, -0.1) is 10.2 Å². The highest BCUT2D eigenvalue weighted by Gasteiger charge is 2.18. The number of carbonyl (C=O) groups excluding carboxylic acids is 1. The zero-order chi connectivity index (χ0) is 16.7. The molecule has 0 aliphatic carbocycles. The molecule has 0 aliphatic heterocycles. The summed E-state index contributed by atoms with van der Waals surface area (Å²) in [6.07, 6.45) is 1.53. The van der Waals surface area contributed by atoms with Crippen LogP contribution in [0.3, 0.4) is 0 Å². The van der Waals surface area contributed by atoms with E-state index in [-0.39, 0.29) is 30.9 Å². The van der Waals surface area contributed by atoms with E-state index in [0.29, 0.717) is 18.2 Å². The molecule has 6 heteroatoms. The normalized spacial score (nSPS) is 13.5. The monoisotopic (exact) mass is 317 g/mol. The van der Waals surface area contributed by atoms with Crippen LogP contribution >= 0.6 is 0 Å². The number of aliphatic hydroxyl groups is 1. The van der Waals surface area contributed by atoms with Crippen LogP contribution in [-0.2, 0) is 11.2 Å². The maximum Gasteiger partial charge on any atom is 0.247 e. The Kier molecular flexibility index (Phi) is 6.29. The lowest BCUT2D eigenvalue weighted by atomic mass is 10.00. The summed E-state index contributed by atoms with van der Waals surface area (Å²) >= 11 is 0. The quantitative estimate of drug-likeness (QED) is 0.779. The van der Waals surface area contributed by atoms with Gasteiger partial charge >= 0.3 is 0 Å². The van der Waals surface area contributed by atoms with E-state index in [1.165, 1.54) is 0 Å². The van der Waals surface area contributed by atoms with Crippen LogP contribution in [0.25, 0.3) is 11.5 Å². The molecular weight excluding hydrogens is 294 g/mol. The van der Waals surface area contributed by atoms with Crippen molar-refractivity contribution in [2.75, 3.05) is 6.61 Å². The molecule has 2 aromatic rings. The van der Waals surface area contributed by atoms with Crippen LogP contribution in [-0.4, -0.2) is 33.9 Å². The van der Waals surface area contributed by atoms with Gasteiger partial charge in [0, 0.05) is 18.4 Å². The molecule has 23 heavy (non-hydrogen) atoms. The number of aromatic nitrogens is 2. The van der Waals surface area contributed by atoms with Crippen LogP contribution in [0.5, 0.6) is 0 Å². The second-order valence-electron chi connectivity index (χ2n) is 5.61. The SMILES string of the molecule is CC[C@@H](C)[C@H](CO)NC(=O)CCc1nnc(-c2ccccc2)o1. The number of amides is 1. The van der Waals surface area contributed by atoms with Crippen molar-refractivity contribution < 1.29 is 14.3 Å². The van der Waals surface area contributed by atoms with Gasteiger partial charge in [0.15, 0.2) is 0 Å². The first-order valence-corrected chi connectivity index (χ1v) is 7.92. The molecule has 2 rings (SSSR count). The Morgan fingerprint density at radius 3 is 2.70 bits per heavy atom. The van der Waals surface area contributed by atoms with E-state index in [2.05, 4.69) is 15.5 Å². The lowest BCUT2D eigenvalue weighted by molar-refractivity contribution is -0.122. The first-order chi connectivity index (χ1) is 11.1. The summed E-state index contributed by atoms with van der Waals surface area (Å²) in [5, 5.41) is 20.1. The molecule has 0 saturated carbocycles. The summed E-state index contributed by atoms with van der Waals surface area (Å²) in [4.78, 5) is 12.0. The van der Waals surface area contributed by atoms with Gasteiger partial charge in [0.2, 0.25) is 17.7 Å². The zero-order valence-corrected chi connectivity index (χ0v) is 13.5. The van der Waals surface area contributed by atoms with E-state index in [1.54, 1.807) is 0 Å². The molecule has 0 spiro atoms. The van der Waals surface area contributed by atoms with Gasteiger partial charge < -0.3 is 14.8 Å². The minimum atomic E-state index is -0.213. The van der Waals surface area contributed by atoms with Gasteiger partial charge in [-0.3, -0.25) is 4.79 Å². The van der Waals surface area contributed by atoms with Gasteiger partial charge in [-0.2, -0.15) is 0 Å². The Morgan fingerprint density at radius 2 is 2.04 bits per heavy atom. The molecule has 1 amide bonds. The highest BCUT2D eigenvalue weighted by atomic mass is 16.4. The fourth-order valence-corrected chi connectivity index (χ4v) is 2.20. The third-order valence-electron chi connectivity index (χ3n) is 3.93. The number of nitrogens with zero attached hydrogens (tertiary/aromatic N) is 2. The molecule has 0 unspecified atom stereocenters. The minimum Gasteiger partial charge on any atom is -0.421 e. The molecule has 2 atom stereocenters. The van der Waals surface area contributed by atoms with E-state index >= 15 is 0 Å². The van der Waals surface area contributed by atoms with E-state index in [0.717, 1.165) is 12.0 Å². The highest BCUT2D eigenvalue weighted by Crippen LogP contribution is 2.17. The van der Waals surface area contributed by atoms with Gasteiger partial charge in [0.05, 0.1) is 12.6 Å². The van der Waals surface area contributed by atoms with E-state index < -0.39 is 0 Å². The van der Waals surface area contributed by atoms with Crippen LogP contribution in [0, 0.1) is 5.92 Å². The summed E-state index contributed by atoms with van der Waals surface area (Å²) in [5.74, 6) is 0.998. The van der Waals surface area contributed by atoms with Gasteiger partial charge in [-0.25, -0.2) is 0 Å². The number of rotatable bonds is 8. The third kappa shape index (κ3) is 4.89. The van der Waals surface area contributed by atoms with Crippen molar-refractivity contribution in [3.05, 3.63) is 36.2 Å². The van der Waals surface area contributed by atoms with Crippen molar-refractivity contribution >= 4 is 5.91 Å². The summed E-state index contributed by atoms with van der Waals surface area (Å²) in [5.41, 5.74) is 0.854. The summed E-state index contributed by atoms with van der Waals surface area (Å²) in [7, 11) is 0. The first kappa shape index (κ1) is 17.1. The summed E-state index contributed by atoms with van der Waals surface area (Å²) in [6.45, 7) is 3.98. The van der Waals surface area contributed by atoms with Crippen molar-refractivity contribution in [2.24, 2.45) is 5.92 Å². The molecule has 0 bridgehead atoms. The standard InChI is InChI=1S/C17H23N3O3/c1-3-12(2)14(11-21)18-15(22)9-10-16-19-20-17(23-16)13-7-5-4-6-8-13/h4-8,12,14,21H,3,9-11H2,1-2H3,(H,18,22)/t12-,14+/m1/s1. The topological polar surface area (TPSA) is 88.2 Å². The van der Waals surface area contributed by atoms with E-state index in [1.807, 2.05) is 44.2 Å². The van der Waals surface area contributed by atoms with Crippen molar-refractivity contribution in [3.8, 4) is 11.5 Å². The Morgan fingerprint density at radius 1 is 1.30 bits per heavy atom. The molecular formula is C17H23N3O3. The van der Waals surface area contributed by atoms with Gasteiger partial charge in [-0.1, -0.05) is 38.5 Å². The molecule has 1 aromatic carbocycles. The fraction of sp³-hybridized carbons (Fsp3) is 0.471. The van der Waals surface area contributed by atoms with Crippen molar-refractivity contribution in [2.45, 2.75) is 39.2 Å². The smallest absolute Gasteiger partial charge is 0.247 e.